The van der Waals surface area contributed by atoms with Crippen molar-refractivity contribution in [3.63, 3.8) is 0 Å². The number of nitrogens with zero attached hydrogens (tertiary/aromatic N) is 2. The van der Waals surface area contributed by atoms with Gasteiger partial charge in [0.05, 0.1) is 12.7 Å². The zero-order valence-electron chi connectivity index (χ0n) is 7.58. The summed E-state index contributed by atoms with van der Waals surface area (Å²) in [6.07, 6.45) is 3.21. The van der Waals surface area contributed by atoms with Gasteiger partial charge in [0.25, 0.3) is 0 Å². The van der Waals surface area contributed by atoms with E-state index in [0.717, 1.165) is 25.4 Å². The Balaban J connectivity index is 2.22. The van der Waals surface area contributed by atoms with Gasteiger partial charge in [0.2, 0.25) is 0 Å². The summed E-state index contributed by atoms with van der Waals surface area (Å²) in [5.74, 6) is 0.911. The molecule has 0 radical (unpaired) electrons. The van der Waals surface area contributed by atoms with Gasteiger partial charge < -0.3 is 9.73 Å². The predicted molar refractivity (Wildman–Crippen MR) is 46.8 cm³/mol. The van der Waals surface area contributed by atoms with E-state index < -0.39 is 0 Å². The maximum atomic E-state index is 5.11. The maximum Gasteiger partial charge on any atom is 0.180 e. The summed E-state index contributed by atoms with van der Waals surface area (Å²) in [6, 6.07) is 0. The first-order chi connectivity index (χ1) is 5.83. The van der Waals surface area contributed by atoms with Gasteiger partial charge in [-0.05, 0) is 14.1 Å². The van der Waals surface area contributed by atoms with Gasteiger partial charge in [-0.2, -0.15) is 0 Å². The van der Waals surface area contributed by atoms with Crippen LogP contribution in [-0.4, -0.2) is 37.1 Å². The average Bonchev–Trinajstić information content (AvgIpc) is 2.53. The number of oxazole rings is 1. The first kappa shape index (κ1) is 9.22. The van der Waals surface area contributed by atoms with E-state index in [0.29, 0.717) is 0 Å². The van der Waals surface area contributed by atoms with Gasteiger partial charge in [-0.1, -0.05) is 0 Å². The van der Waals surface area contributed by atoms with Gasteiger partial charge in [-0.25, -0.2) is 4.98 Å². The molecule has 4 nitrogen and oxygen atoms in total. The third kappa shape index (κ3) is 3.02. The molecule has 0 aliphatic carbocycles. The molecule has 0 atom stereocenters. The summed E-state index contributed by atoms with van der Waals surface area (Å²) in [6.45, 7) is 2.82. The molecule has 1 rings (SSSR count). The lowest BCUT2D eigenvalue weighted by molar-refractivity contribution is 0.296. The number of hydrogen-bond donors (Lipinski definition) is 1. The molecule has 68 valence electrons. The smallest absolute Gasteiger partial charge is 0.180 e. The Kier molecular flexibility index (Phi) is 3.76. The Morgan fingerprint density at radius 2 is 2.50 bits per heavy atom. The summed E-state index contributed by atoms with van der Waals surface area (Å²) >= 11 is 0. The van der Waals surface area contributed by atoms with E-state index in [-0.39, 0.29) is 0 Å². The minimum atomic E-state index is 0.821. The zero-order chi connectivity index (χ0) is 8.81. The van der Waals surface area contributed by atoms with Crippen LogP contribution in [0.5, 0.6) is 0 Å². The molecule has 0 aliphatic rings. The predicted octanol–water partition coefficient (Wildman–Crippen LogP) is 0.326. The van der Waals surface area contributed by atoms with Crippen molar-refractivity contribution in [2.45, 2.75) is 6.54 Å². The van der Waals surface area contributed by atoms with Crippen LogP contribution in [0.3, 0.4) is 0 Å². The third-order valence-electron chi connectivity index (χ3n) is 1.65. The lowest BCUT2D eigenvalue weighted by Gasteiger charge is -2.13. The maximum absolute atomic E-state index is 5.11. The number of aromatic nitrogens is 1. The van der Waals surface area contributed by atoms with E-state index >= 15 is 0 Å². The highest BCUT2D eigenvalue weighted by Crippen LogP contribution is 1.99. The molecule has 0 saturated heterocycles. The standard InChI is InChI=1S/C8H15N3O/c1-9-3-4-11(2)6-8-5-10-7-12-8/h5,7,9H,3-4,6H2,1-2H3. The summed E-state index contributed by atoms with van der Waals surface area (Å²) in [4.78, 5) is 6.02. The zero-order valence-corrected chi connectivity index (χ0v) is 7.58. The van der Waals surface area contributed by atoms with E-state index in [1.54, 1.807) is 6.20 Å². The number of likely N-dealkylation sites (N-methyl/N-ethyl adjacent to an activating group) is 2. The van der Waals surface area contributed by atoms with Crippen molar-refractivity contribution in [3.8, 4) is 0 Å². The second-order valence-electron chi connectivity index (χ2n) is 2.81. The molecule has 0 aromatic carbocycles. The number of nitrogens with one attached hydrogen (secondary N) is 1. The average molecular weight is 169 g/mol. The lowest BCUT2D eigenvalue weighted by atomic mass is 10.4. The van der Waals surface area contributed by atoms with Crippen molar-refractivity contribution in [2.24, 2.45) is 0 Å². The Morgan fingerprint density at radius 3 is 3.08 bits per heavy atom. The monoisotopic (exact) mass is 169 g/mol. The Bertz CT molecular complexity index is 198. The largest absolute Gasteiger partial charge is 0.447 e. The molecule has 0 bridgehead atoms. The lowest BCUT2D eigenvalue weighted by Crippen LogP contribution is -2.26. The molecule has 1 aromatic heterocycles. The Morgan fingerprint density at radius 1 is 1.67 bits per heavy atom. The highest BCUT2D eigenvalue weighted by atomic mass is 16.3. The van der Waals surface area contributed by atoms with Gasteiger partial charge in [-0.15, -0.1) is 0 Å². The first-order valence-electron chi connectivity index (χ1n) is 4.03. The molecule has 0 amide bonds. The first-order valence-corrected chi connectivity index (χ1v) is 4.03. The summed E-state index contributed by atoms with van der Waals surface area (Å²) in [5.41, 5.74) is 0. The molecule has 0 unspecified atom stereocenters. The SMILES string of the molecule is CNCCN(C)Cc1cnco1. The van der Waals surface area contributed by atoms with Gasteiger partial charge in [0, 0.05) is 13.1 Å². The highest BCUT2D eigenvalue weighted by Gasteiger charge is 2.01. The third-order valence-corrected chi connectivity index (χ3v) is 1.65. The topological polar surface area (TPSA) is 41.3 Å². The van der Waals surface area contributed by atoms with Gasteiger partial charge in [-0.3, -0.25) is 4.90 Å². The fourth-order valence-electron chi connectivity index (χ4n) is 0.968. The van der Waals surface area contributed by atoms with Crippen LogP contribution in [0, 0.1) is 0 Å². The quantitative estimate of drug-likeness (QED) is 0.689. The van der Waals surface area contributed by atoms with Crippen molar-refractivity contribution in [3.05, 3.63) is 18.4 Å². The van der Waals surface area contributed by atoms with Crippen molar-refractivity contribution < 1.29 is 4.42 Å². The highest BCUT2D eigenvalue weighted by molar-refractivity contribution is 4.87. The van der Waals surface area contributed by atoms with E-state index in [9.17, 15) is 0 Å². The van der Waals surface area contributed by atoms with Crippen LogP contribution in [-0.2, 0) is 6.54 Å². The van der Waals surface area contributed by atoms with Gasteiger partial charge in [0.15, 0.2) is 6.39 Å². The molecule has 0 aliphatic heterocycles. The Hall–Kier alpha value is -0.870. The fraction of sp³-hybridized carbons (Fsp3) is 0.625. The van der Waals surface area contributed by atoms with E-state index in [2.05, 4.69) is 22.2 Å². The Labute approximate surface area is 72.6 Å². The van der Waals surface area contributed by atoms with Crippen LogP contribution in [0.2, 0.25) is 0 Å². The van der Waals surface area contributed by atoms with E-state index in [1.807, 2.05) is 7.05 Å². The second kappa shape index (κ2) is 4.90. The molecule has 1 N–H and O–H groups in total. The summed E-state index contributed by atoms with van der Waals surface area (Å²) in [7, 11) is 4.00. The van der Waals surface area contributed by atoms with Crippen LogP contribution in [0.1, 0.15) is 5.76 Å². The molecular weight excluding hydrogens is 154 g/mol. The fourth-order valence-corrected chi connectivity index (χ4v) is 0.968. The van der Waals surface area contributed by atoms with Gasteiger partial charge in [0.1, 0.15) is 5.76 Å². The van der Waals surface area contributed by atoms with Crippen LogP contribution < -0.4 is 5.32 Å². The van der Waals surface area contributed by atoms with Crippen LogP contribution in [0.25, 0.3) is 0 Å². The number of hydrogen-bond acceptors (Lipinski definition) is 4. The van der Waals surface area contributed by atoms with Crippen molar-refractivity contribution in [1.29, 1.82) is 0 Å². The van der Waals surface area contributed by atoms with Crippen molar-refractivity contribution in [1.82, 2.24) is 15.2 Å². The molecular formula is C8H15N3O. The second-order valence-corrected chi connectivity index (χ2v) is 2.81. The van der Waals surface area contributed by atoms with Crippen LogP contribution >= 0.6 is 0 Å². The van der Waals surface area contributed by atoms with Crippen molar-refractivity contribution in [2.75, 3.05) is 27.2 Å². The van der Waals surface area contributed by atoms with Crippen LogP contribution in [0.15, 0.2) is 17.0 Å². The van der Waals surface area contributed by atoms with Gasteiger partial charge >= 0.3 is 0 Å². The molecule has 1 heterocycles. The molecule has 12 heavy (non-hydrogen) atoms. The van der Waals surface area contributed by atoms with E-state index in [4.69, 9.17) is 4.42 Å². The molecule has 0 fully saturated rings. The van der Waals surface area contributed by atoms with E-state index in [1.165, 1.54) is 6.39 Å². The van der Waals surface area contributed by atoms with Crippen molar-refractivity contribution >= 4 is 0 Å². The molecule has 1 aromatic rings. The number of rotatable bonds is 5. The van der Waals surface area contributed by atoms with Crippen LogP contribution in [0.4, 0.5) is 0 Å². The molecule has 0 saturated carbocycles. The summed E-state index contributed by atoms with van der Waals surface area (Å²) in [5, 5.41) is 3.09. The molecule has 0 spiro atoms. The normalized spacial score (nSPS) is 10.9. The minimum absolute atomic E-state index is 0.821. The molecule has 4 heteroatoms. The summed E-state index contributed by atoms with van der Waals surface area (Å²) < 4.78 is 5.11. The minimum Gasteiger partial charge on any atom is -0.447 e.